The van der Waals surface area contributed by atoms with Crippen molar-refractivity contribution in [1.82, 2.24) is 4.98 Å². The van der Waals surface area contributed by atoms with Crippen LogP contribution in [0.15, 0.2) is 45.9 Å². The fourth-order valence-electron chi connectivity index (χ4n) is 3.50. The summed E-state index contributed by atoms with van der Waals surface area (Å²) in [7, 11) is -3.13. The van der Waals surface area contributed by atoms with Gasteiger partial charge in [-0.1, -0.05) is 0 Å². The number of esters is 1. The lowest BCUT2D eigenvalue weighted by atomic mass is 10.1. The molecule has 0 amide bonds. The number of ether oxygens (including phenoxy) is 2. The summed E-state index contributed by atoms with van der Waals surface area (Å²) >= 11 is 0. The van der Waals surface area contributed by atoms with Gasteiger partial charge in [0.15, 0.2) is 32.7 Å². The Morgan fingerprint density at radius 2 is 2.08 bits per heavy atom. The number of aromatic nitrogens is 1. The maximum absolute atomic E-state index is 12.7. The number of aryl methyl sites for hydroxylation is 1. The number of nitrogens with zero attached hydrogens (tertiary/aromatic N) is 2. The number of rotatable bonds is 9. The summed E-state index contributed by atoms with van der Waals surface area (Å²) in [6.07, 6.45) is 5.96. The van der Waals surface area contributed by atoms with Crippen molar-refractivity contribution in [2.45, 2.75) is 13.8 Å². The molecule has 2 aromatic heterocycles. The Kier molecular flexibility index (Phi) is 7.11. The van der Waals surface area contributed by atoms with Crippen LogP contribution in [-0.2, 0) is 14.6 Å². The van der Waals surface area contributed by atoms with Gasteiger partial charge >= 0.3 is 5.97 Å². The number of furan rings is 1. The SMILES string of the molecule is CCOC(=O)c1c(Nc2ccc(OCCS(C)(=O)=O)cc2C)oc(C=C2C=Nc3ncccc32)c1O. The van der Waals surface area contributed by atoms with Crippen LogP contribution in [0.25, 0.3) is 11.6 Å². The van der Waals surface area contributed by atoms with E-state index in [1.807, 2.05) is 6.07 Å². The van der Waals surface area contributed by atoms with E-state index in [0.29, 0.717) is 22.8 Å². The van der Waals surface area contributed by atoms with Gasteiger partial charge in [-0.05, 0) is 55.8 Å². The van der Waals surface area contributed by atoms with Crippen LogP contribution in [-0.4, -0.2) is 55.9 Å². The molecule has 2 N–H and O–H groups in total. The van der Waals surface area contributed by atoms with Crippen LogP contribution < -0.4 is 10.1 Å². The molecule has 0 radical (unpaired) electrons. The van der Waals surface area contributed by atoms with Gasteiger partial charge in [-0.2, -0.15) is 0 Å². The highest BCUT2D eigenvalue weighted by Crippen LogP contribution is 2.40. The summed E-state index contributed by atoms with van der Waals surface area (Å²) in [5.74, 6) is -0.102. The van der Waals surface area contributed by atoms with Gasteiger partial charge < -0.3 is 24.3 Å². The largest absolute Gasteiger partial charge is 0.504 e. The molecule has 0 spiro atoms. The molecule has 3 heterocycles. The van der Waals surface area contributed by atoms with Gasteiger partial charge in [0.25, 0.3) is 0 Å². The first-order valence-electron chi connectivity index (χ1n) is 11.1. The van der Waals surface area contributed by atoms with Crippen molar-refractivity contribution in [2.75, 3.05) is 30.5 Å². The standard InChI is InChI=1S/C25H25N3O7S/c1-4-33-25(30)21-22(29)20(13-16-14-27-23-18(16)6-5-9-26-23)35-24(21)28-19-8-7-17(12-15(19)2)34-10-11-36(3,31)32/h5-9,12-14,28-29H,4,10-11H2,1-3H3. The van der Waals surface area contributed by atoms with Gasteiger partial charge in [-0.25, -0.2) is 23.2 Å². The van der Waals surface area contributed by atoms with E-state index in [0.717, 1.165) is 17.4 Å². The van der Waals surface area contributed by atoms with Crippen LogP contribution >= 0.6 is 0 Å². The van der Waals surface area contributed by atoms with Crippen molar-refractivity contribution >= 4 is 51.1 Å². The molecule has 11 heteroatoms. The van der Waals surface area contributed by atoms with Gasteiger partial charge in [-0.15, -0.1) is 0 Å². The molecular weight excluding hydrogens is 486 g/mol. The van der Waals surface area contributed by atoms with E-state index >= 15 is 0 Å². The number of pyridine rings is 1. The molecule has 0 bridgehead atoms. The Hall–Kier alpha value is -4.12. The third kappa shape index (κ3) is 5.57. The molecule has 0 saturated carbocycles. The predicted molar refractivity (Wildman–Crippen MR) is 136 cm³/mol. The van der Waals surface area contributed by atoms with Gasteiger partial charge in [0.1, 0.15) is 12.4 Å². The van der Waals surface area contributed by atoms with Crippen LogP contribution in [0.5, 0.6) is 11.5 Å². The molecular formula is C25H25N3O7S. The molecule has 1 aliphatic rings. The average Bonchev–Trinajstić information content (AvgIpc) is 3.36. The zero-order valence-corrected chi connectivity index (χ0v) is 20.8. The molecule has 0 fully saturated rings. The molecule has 0 unspecified atom stereocenters. The highest BCUT2D eigenvalue weighted by molar-refractivity contribution is 7.90. The molecule has 188 valence electrons. The first-order chi connectivity index (χ1) is 17.2. The monoisotopic (exact) mass is 511 g/mol. The summed E-state index contributed by atoms with van der Waals surface area (Å²) in [5, 5.41) is 13.9. The summed E-state index contributed by atoms with van der Waals surface area (Å²) in [6, 6.07) is 8.70. The number of fused-ring (bicyclic) bond motifs is 1. The van der Waals surface area contributed by atoms with E-state index in [1.54, 1.807) is 56.6 Å². The lowest BCUT2D eigenvalue weighted by Crippen LogP contribution is -2.12. The van der Waals surface area contributed by atoms with Crippen molar-refractivity contribution in [3.05, 3.63) is 59.0 Å². The summed E-state index contributed by atoms with van der Waals surface area (Å²) in [6.45, 7) is 3.62. The molecule has 0 aliphatic carbocycles. The van der Waals surface area contributed by atoms with Crippen LogP contribution in [0.4, 0.5) is 17.4 Å². The Balaban J connectivity index is 1.63. The summed E-state index contributed by atoms with van der Waals surface area (Å²) in [5.41, 5.74) is 2.61. The van der Waals surface area contributed by atoms with Crippen LogP contribution in [0.2, 0.25) is 0 Å². The van der Waals surface area contributed by atoms with Gasteiger partial charge in [0.05, 0.1) is 12.4 Å². The molecule has 1 aliphatic heterocycles. The van der Waals surface area contributed by atoms with Crippen LogP contribution in [0, 0.1) is 6.92 Å². The Morgan fingerprint density at radius 3 is 2.81 bits per heavy atom. The minimum absolute atomic E-state index is 0.00740. The zero-order valence-electron chi connectivity index (χ0n) is 19.9. The van der Waals surface area contributed by atoms with E-state index in [9.17, 15) is 18.3 Å². The number of carbonyl (C=O) groups is 1. The van der Waals surface area contributed by atoms with Crippen molar-refractivity contribution in [2.24, 2.45) is 4.99 Å². The first-order valence-corrected chi connectivity index (χ1v) is 13.1. The predicted octanol–water partition coefficient (Wildman–Crippen LogP) is 4.29. The van der Waals surface area contributed by atoms with Crippen molar-refractivity contribution in [1.29, 1.82) is 0 Å². The number of benzene rings is 1. The smallest absolute Gasteiger partial charge is 0.347 e. The van der Waals surface area contributed by atoms with Crippen molar-refractivity contribution in [3.63, 3.8) is 0 Å². The molecule has 0 saturated heterocycles. The number of sulfone groups is 1. The highest BCUT2D eigenvalue weighted by Gasteiger charge is 2.27. The molecule has 0 atom stereocenters. The summed E-state index contributed by atoms with van der Waals surface area (Å²) < 4.78 is 39.1. The lowest BCUT2D eigenvalue weighted by Gasteiger charge is -2.11. The second kappa shape index (κ2) is 10.2. The van der Waals surface area contributed by atoms with E-state index in [-0.39, 0.29) is 41.9 Å². The average molecular weight is 512 g/mol. The number of aromatic hydroxyl groups is 1. The van der Waals surface area contributed by atoms with Crippen molar-refractivity contribution in [3.8, 4) is 11.5 Å². The molecule has 3 aromatic rings. The second-order valence-electron chi connectivity index (χ2n) is 8.05. The number of hydrogen-bond donors (Lipinski definition) is 2. The molecule has 4 rings (SSSR count). The molecule has 10 nitrogen and oxygen atoms in total. The molecule has 1 aromatic carbocycles. The highest BCUT2D eigenvalue weighted by atomic mass is 32.2. The number of aliphatic imine (C=N–C) groups is 1. The topological polar surface area (TPSA) is 140 Å². The quantitative estimate of drug-likeness (QED) is 0.403. The Bertz CT molecular complexity index is 1470. The molecule has 36 heavy (non-hydrogen) atoms. The van der Waals surface area contributed by atoms with E-state index in [4.69, 9.17) is 13.9 Å². The Labute approximate surface area is 208 Å². The van der Waals surface area contributed by atoms with Gasteiger partial charge in [0.2, 0.25) is 5.88 Å². The third-order valence-corrected chi connectivity index (χ3v) is 6.18. The maximum atomic E-state index is 12.7. The summed E-state index contributed by atoms with van der Waals surface area (Å²) in [4.78, 5) is 21.1. The van der Waals surface area contributed by atoms with Crippen LogP contribution in [0.1, 0.15) is 34.2 Å². The Morgan fingerprint density at radius 1 is 1.28 bits per heavy atom. The lowest BCUT2D eigenvalue weighted by molar-refractivity contribution is 0.0524. The van der Waals surface area contributed by atoms with Crippen molar-refractivity contribution < 1.29 is 32.2 Å². The number of nitrogens with one attached hydrogen (secondary N) is 1. The normalized spacial score (nSPS) is 13.6. The second-order valence-corrected chi connectivity index (χ2v) is 10.3. The number of hydrogen-bond acceptors (Lipinski definition) is 10. The zero-order chi connectivity index (χ0) is 25.9. The third-order valence-electron chi connectivity index (χ3n) is 5.27. The van der Waals surface area contributed by atoms with Gasteiger partial charge in [-0.3, -0.25) is 0 Å². The number of allylic oxidation sites excluding steroid dienone is 1. The number of anilines is 2. The first kappa shape index (κ1) is 25.0. The maximum Gasteiger partial charge on any atom is 0.347 e. The fourth-order valence-corrected chi connectivity index (χ4v) is 3.89. The van der Waals surface area contributed by atoms with E-state index in [2.05, 4.69) is 15.3 Å². The van der Waals surface area contributed by atoms with Gasteiger partial charge in [0, 0.05) is 35.5 Å². The minimum atomic E-state index is -3.13. The fraction of sp³-hybridized carbons (Fsp3) is 0.240. The van der Waals surface area contributed by atoms with Crippen LogP contribution in [0.3, 0.4) is 0 Å². The van der Waals surface area contributed by atoms with E-state index < -0.39 is 15.8 Å². The number of carbonyl (C=O) groups excluding carboxylic acids is 1. The minimum Gasteiger partial charge on any atom is -0.504 e. The van der Waals surface area contributed by atoms with E-state index in [1.165, 1.54) is 0 Å².